The number of pyridine rings is 1. The van der Waals surface area contributed by atoms with Crippen molar-refractivity contribution in [3.63, 3.8) is 0 Å². The molecule has 0 bridgehead atoms. The molecule has 1 fully saturated rings. The monoisotopic (exact) mass is 318 g/mol. The maximum absolute atomic E-state index is 6.35. The third kappa shape index (κ3) is 3.71. The summed E-state index contributed by atoms with van der Waals surface area (Å²) in [4.78, 5) is 4.13. The molecule has 1 aromatic carbocycles. The Balaban J connectivity index is 1.63. The van der Waals surface area contributed by atoms with Crippen LogP contribution in [0.2, 0.25) is 5.02 Å². The van der Waals surface area contributed by atoms with Gasteiger partial charge in [-0.1, -0.05) is 18.5 Å². The Morgan fingerprint density at radius 1 is 1.23 bits per heavy atom. The van der Waals surface area contributed by atoms with Crippen molar-refractivity contribution in [2.45, 2.75) is 51.2 Å². The third-order valence-corrected chi connectivity index (χ3v) is 4.64. The summed E-state index contributed by atoms with van der Waals surface area (Å²) in [5, 5.41) is 6.44. The number of benzene rings is 1. The highest BCUT2D eigenvalue weighted by Gasteiger charge is 2.22. The molecule has 0 aliphatic heterocycles. The molecule has 3 nitrogen and oxygen atoms in total. The summed E-state index contributed by atoms with van der Waals surface area (Å²) >= 11 is 6.35. The van der Waals surface area contributed by atoms with Gasteiger partial charge >= 0.3 is 0 Å². The van der Waals surface area contributed by atoms with E-state index in [1.165, 1.54) is 19.3 Å². The van der Waals surface area contributed by atoms with Crippen LogP contribution in [-0.2, 0) is 0 Å². The van der Waals surface area contributed by atoms with Crippen molar-refractivity contribution in [2.75, 3.05) is 6.54 Å². The SMILES string of the molecule is CCCN[C@H]1CC[C@@H](Oc2cc3ccncc3cc2Cl)CC1. The first-order valence-electron chi connectivity index (χ1n) is 8.19. The summed E-state index contributed by atoms with van der Waals surface area (Å²) in [6, 6.07) is 6.61. The average Bonchev–Trinajstić information content (AvgIpc) is 2.55. The van der Waals surface area contributed by atoms with Crippen molar-refractivity contribution in [1.82, 2.24) is 10.3 Å². The lowest BCUT2D eigenvalue weighted by Gasteiger charge is -2.30. The maximum Gasteiger partial charge on any atom is 0.138 e. The summed E-state index contributed by atoms with van der Waals surface area (Å²) < 4.78 is 6.17. The minimum absolute atomic E-state index is 0.275. The molecule has 1 aromatic heterocycles. The van der Waals surface area contributed by atoms with Gasteiger partial charge in [0, 0.05) is 23.8 Å². The Labute approximate surface area is 137 Å². The second-order valence-corrected chi connectivity index (χ2v) is 6.46. The minimum atomic E-state index is 0.275. The fourth-order valence-electron chi connectivity index (χ4n) is 3.09. The van der Waals surface area contributed by atoms with Crippen LogP contribution in [-0.4, -0.2) is 23.7 Å². The molecule has 0 unspecified atom stereocenters. The quantitative estimate of drug-likeness (QED) is 0.876. The van der Waals surface area contributed by atoms with Gasteiger partial charge in [-0.2, -0.15) is 0 Å². The Kier molecular flexibility index (Phi) is 5.16. The molecule has 1 N–H and O–H groups in total. The molecule has 0 amide bonds. The van der Waals surface area contributed by atoms with Gasteiger partial charge in [0.05, 0.1) is 11.1 Å². The number of hydrogen-bond acceptors (Lipinski definition) is 3. The van der Waals surface area contributed by atoms with Crippen LogP contribution in [0.1, 0.15) is 39.0 Å². The van der Waals surface area contributed by atoms with Gasteiger partial charge in [0.1, 0.15) is 5.75 Å². The van der Waals surface area contributed by atoms with Crippen LogP contribution >= 0.6 is 11.6 Å². The molecule has 0 atom stereocenters. The highest BCUT2D eigenvalue weighted by Crippen LogP contribution is 2.32. The van der Waals surface area contributed by atoms with Gasteiger partial charge in [-0.15, -0.1) is 0 Å². The third-order valence-electron chi connectivity index (χ3n) is 4.34. The normalized spacial score (nSPS) is 21.9. The van der Waals surface area contributed by atoms with Crippen LogP contribution in [0.3, 0.4) is 0 Å². The molecule has 0 spiro atoms. The van der Waals surface area contributed by atoms with Crippen molar-refractivity contribution >= 4 is 22.4 Å². The molecule has 22 heavy (non-hydrogen) atoms. The van der Waals surface area contributed by atoms with E-state index in [0.717, 1.165) is 35.9 Å². The van der Waals surface area contributed by atoms with Crippen molar-refractivity contribution in [2.24, 2.45) is 0 Å². The van der Waals surface area contributed by atoms with Crippen molar-refractivity contribution in [3.8, 4) is 5.75 Å². The summed E-state index contributed by atoms with van der Waals surface area (Å²) in [7, 11) is 0. The van der Waals surface area contributed by atoms with Crippen LogP contribution in [0.25, 0.3) is 10.8 Å². The molecular formula is C18H23ClN2O. The fraction of sp³-hybridized carbons (Fsp3) is 0.500. The number of nitrogens with zero attached hydrogens (tertiary/aromatic N) is 1. The Morgan fingerprint density at radius 3 is 2.82 bits per heavy atom. The van der Waals surface area contributed by atoms with Gasteiger partial charge in [0.15, 0.2) is 0 Å². The minimum Gasteiger partial charge on any atom is -0.489 e. The zero-order valence-corrected chi connectivity index (χ0v) is 13.8. The van der Waals surface area contributed by atoms with E-state index in [9.17, 15) is 0 Å². The summed E-state index contributed by atoms with van der Waals surface area (Å²) in [5.74, 6) is 0.797. The summed E-state index contributed by atoms with van der Waals surface area (Å²) in [5.41, 5.74) is 0. The zero-order chi connectivity index (χ0) is 15.4. The number of rotatable bonds is 5. The molecule has 1 aliphatic rings. The number of ether oxygens (including phenoxy) is 1. The van der Waals surface area contributed by atoms with Crippen molar-refractivity contribution in [1.29, 1.82) is 0 Å². The summed E-state index contributed by atoms with van der Waals surface area (Å²) in [6.45, 7) is 3.32. The van der Waals surface area contributed by atoms with E-state index in [0.29, 0.717) is 11.1 Å². The van der Waals surface area contributed by atoms with Crippen LogP contribution in [0.15, 0.2) is 30.6 Å². The highest BCUT2D eigenvalue weighted by molar-refractivity contribution is 6.32. The van der Waals surface area contributed by atoms with Crippen LogP contribution in [0.5, 0.6) is 5.75 Å². The lowest BCUT2D eigenvalue weighted by atomic mass is 9.93. The van der Waals surface area contributed by atoms with Crippen LogP contribution in [0.4, 0.5) is 0 Å². The first-order valence-corrected chi connectivity index (χ1v) is 8.57. The van der Waals surface area contributed by atoms with Crippen LogP contribution in [0, 0.1) is 0 Å². The van der Waals surface area contributed by atoms with Crippen molar-refractivity contribution < 1.29 is 4.74 Å². The van der Waals surface area contributed by atoms with Gasteiger partial charge in [-0.05, 0) is 62.2 Å². The molecule has 1 saturated carbocycles. The van der Waals surface area contributed by atoms with Gasteiger partial charge < -0.3 is 10.1 Å². The number of fused-ring (bicyclic) bond motifs is 1. The van der Waals surface area contributed by atoms with E-state index >= 15 is 0 Å². The molecular weight excluding hydrogens is 296 g/mol. The highest BCUT2D eigenvalue weighted by atomic mass is 35.5. The predicted molar refractivity (Wildman–Crippen MR) is 91.7 cm³/mol. The second-order valence-electron chi connectivity index (χ2n) is 6.05. The smallest absolute Gasteiger partial charge is 0.138 e. The topological polar surface area (TPSA) is 34.1 Å². The predicted octanol–water partition coefficient (Wildman–Crippen LogP) is 4.58. The van der Waals surface area contributed by atoms with Crippen molar-refractivity contribution in [3.05, 3.63) is 35.6 Å². The average molecular weight is 319 g/mol. The molecule has 0 radical (unpaired) electrons. The molecule has 118 valence electrons. The zero-order valence-electron chi connectivity index (χ0n) is 13.0. The Bertz CT molecular complexity index is 624. The molecule has 4 heteroatoms. The first kappa shape index (κ1) is 15.6. The standard InChI is InChI=1S/C18H23ClN2O/c1-2-8-21-15-3-5-16(6-4-15)22-18-11-13-7-9-20-12-14(13)10-17(18)19/h7,9-12,15-16,21H,2-6,8H2,1H3/t15-,16+. The number of hydrogen-bond donors (Lipinski definition) is 1. The lowest BCUT2D eigenvalue weighted by molar-refractivity contribution is 0.140. The van der Waals surface area contributed by atoms with E-state index in [1.54, 1.807) is 6.20 Å². The Morgan fingerprint density at radius 2 is 2.05 bits per heavy atom. The van der Waals surface area contributed by atoms with Gasteiger partial charge in [0.25, 0.3) is 0 Å². The van der Waals surface area contributed by atoms with E-state index in [2.05, 4.69) is 17.2 Å². The number of nitrogens with one attached hydrogen (secondary N) is 1. The van der Waals surface area contributed by atoms with Gasteiger partial charge in [-0.25, -0.2) is 0 Å². The molecule has 1 heterocycles. The first-order chi connectivity index (χ1) is 10.8. The largest absolute Gasteiger partial charge is 0.489 e. The second kappa shape index (κ2) is 7.30. The number of halogens is 1. The summed E-state index contributed by atoms with van der Waals surface area (Å²) in [6.07, 6.45) is 9.63. The maximum atomic E-state index is 6.35. The Hall–Kier alpha value is -1.32. The number of aromatic nitrogens is 1. The molecule has 3 rings (SSSR count). The van der Waals surface area contributed by atoms with Crippen LogP contribution < -0.4 is 10.1 Å². The fourth-order valence-corrected chi connectivity index (χ4v) is 3.31. The van der Waals surface area contributed by atoms with E-state index in [4.69, 9.17) is 16.3 Å². The van der Waals surface area contributed by atoms with Gasteiger partial charge in [0.2, 0.25) is 0 Å². The van der Waals surface area contributed by atoms with Gasteiger partial charge in [-0.3, -0.25) is 4.98 Å². The molecule has 2 aromatic rings. The molecule has 0 saturated heterocycles. The molecule has 1 aliphatic carbocycles. The lowest BCUT2D eigenvalue weighted by Crippen LogP contribution is -2.36. The van der Waals surface area contributed by atoms with E-state index in [-0.39, 0.29) is 6.10 Å². The van der Waals surface area contributed by atoms with E-state index < -0.39 is 0 Å². The van der Waals surface area contributed by atoms with E-state index in [1.807, 2.05) is 24.4 Å².